The van der Waals surface area contributed by atoms with Crippen molar-refractivity contribution in [2.24, 2.45) is 0 Å². The molecule has 0 aliphatic carbocycles. The van der Waals surface area contributed by atoms with Gasteiger partial charge < -0.3 is 9.80 Å². The molecule has 1 saturated heterocycles. The number of carbonyl (C=O) groups excluding carboxylic acids is 1. The van der Waals surface area contributed by atoms with Crippen molar-refractivity contribution in [3.63, 3.8) is 0 Å². The standard InChI is InChI=1S/C21H21FN4O/c1-14-23-19-5-3-15(13-27)11-17(19)21(24-14)16-4-6-20(18(22)12-16)26-9-7-25(2)8-10-26/h3-6,11-13H,7-10H2,1-2H3. The van der Waals surface area contributed by atoms with Crippen LogP contribution in [0.25, 0.3) is 22.2 Å². The van der Waals surface area contributed by atoms with E-state index in [1.807, 2.05) is 19.1 Å². The van der Waals surface area contributed by atoms with E-state index in [0.717, 1.165) is 43.4 Å². The molecule has 27 heavy (non-hydrogen) atoms. The molecule has 0 spiro atoms. The van der Waals surface area contributed by atoms with Crippen molar-refractivity contribution in [2.75, 3.05) is 38.1 Å². The third kappa shape index (κ3) is 3.40. The Kier molecular flexibility index (Phi) is 4.58. The summed E-state index contributed by atoms with van der Waals surface area (Å²) in [6.45, 7) is 5.28. The molecule has 0 amide bonds. The minimum Gasteiger partial charge on any atom is -0.367 e. The summed E-state index contributed by atoms with van der Waals surface area (Å²) in [7, 11) is 2.08. The molecule has 3 aromatic rings. The van der Waals surface area contributed by atoms with Crippen molar-refractivity contribution >= 4 is 22.9 Å². The highest BCUT2D eigenvalue weighted by Crippen LogP contribution is 2.30. The first-order valence-corrected chi connectivity index (χ1v) is 9.02. The molecule has 0 N–H and O–H groups in total. The minimum atomic E-state index is -0.256. The Morgan fingerprint density at radius 2 is 1.81 bits per heavy atom. The monoisotopic (exact) mass is 364 g/mol. The number of piperazine rings is 1. The number of halogens is 1. The Morgan fingerprint density at radius 1 is 1.04 bits per heavy atom. The molecule has 1 aliphatic rings. The van der Waals surface area contributed by atoms with Gasteiger partial charge in [0.05, 0.1) is 16.9 Å². The molecule has 1 fully saturated rings. The molecule has 1 aromatic heterocycles. The Hall–Kier alpha value is -2.86. The molecule has 0 radical (unpaired) electrons. The summed E-state index contributed by atoms with van der Waals surface area (Å²) in [5.74, 6) is 0.355. The van der Waals surface area contributed by atoms with E-state index < -0.39 is 0 Å². The van der Waals surface area contributed by atoms with Crippen molar-refractivity contribution in [3.05, 3.63) is 53.6 Å². The summed E-state index contributed by atoms with van der Waals surface area (Å²) < 4.78 is 14.9. The van der Waals surface area contributed by atoms with Gasteiger partial charge in [-0.05, 0) is 44.3 Å². The molecule has 0 atom stereocenters. The summed E-state index contributed by atoms with van der Waals surface area (Å²) in [4.78, 5) is 24.4. The molecule has 5 nitrogen and oxygen atoms in total. The second-order valence-electron chi connectivity index (χ2n) is 6.97. The summed E-state index contributed by atoms with van der Waals surface area (Å²) in [5.41, 5.74) is 3.24. The third-order valence-electron chi connectivity index (χ3n) is 5.03. The van der Waals surface area contributed by atoms with Crippen molar-refractivity contribution in [3.8, 4) is 11.3 Å². The molecular weight excluding hydrogens is 343 g/mol. The van der Waals surface area contributed by atoms with Crippen molar-refractivity contribution in [1.82, 2.24) is 14.9 Å². The number of hydrogen-bond donors (Lipinski definition) is 0. The van der Waals surface area contributed by atoms with Gasteiger partial charge in [0, 0.05) is 42.7 Å². The van der Waals surface area contributed by atoms with E-state index in [-0.39, 0.29) is 5.82 Å². The topological polar surface area (TPSA) is 49.3 Å². The van der Waals surface area contributed by atoms with Crippen LogP contribution < -0.4 is 4.90 Å². The maximum absolute atomic E-state index is 14.9. The number of aryl methyl sites for hydroxylation is 1. The van der Waals surface area contributed by atoms with Crippen LogP contribution in [-0.2, 0) is 0 Å². The second kappa shape index (κ2) is 7.04. The maximum atomic E-state index is 14.9. The lowest BCUT2D eigenvalue weighted by molar-refractivity contribution is 0.112. The van der Waals surface area contributed by atoms with E-state index in [1.165, 1.54) is 6.07 Å². The number of aromatic nitrogens is 2. The number of rotatable bonds is 3. The fourth-order valence-corrected chi connectivity index (χ4v) is 3.51. The first kappa shape index (κ1) is 17.5. The van der Waals surface area contributed by atoms with Crippen LogP contribution in [0.1, 0.15) is 16.2 Å². The van der Waals surface area contributed by atoms with E-state index in [1.54, 1.807) is 18.2 Å². The van der Waals surface area contributed by atoms with E-state index in [4.69, 9.17) is 0 Å². The van der Waals surface area contributed by atoms with Gasteiger partial charge >= 0.3 is 0 Å². The van der Waals surface area contributed by atoms with Crippen LogP contribution in [0, 0.1) is 12.7 Å². The molecule has 4 rings (SSSR count). The van der Waals surface area contributed by atoms with E-state index in [9.17, 15) is 9.18 Å². The van der Waals surface area contributed by atoms with Gasteiger partial charge in [-0.3, -0.25) is 4.79 Å². The van der Waals surface area contributed by atoms with Gasteiger partial charge in [0.1, 0.15) is 17.9 Å². The molecule has 0 saturated carbocycles. The molecule has 2 aromatic carbocycles. The predicted octanol–water partition coefficient (Wildman–Crippen LogP) is 3.31. The lowest BCUT2D eigenvalue weighted by atomic mass is 10.0. The van der Waals surface area contributed by atoms with Crippen molar-refractivity contribution < 1.29 is 9.18 Å². The van der Waals surface area contributed by atoms with Crippen molar-refractivity contribution in [2.45, 2.75) is 6.92 Å². The summed E-state index contributed by atoms with van der Waals surface area (Å²) in [6, 6.07) is 10.5. The van der Waals surface area contributed by atoms with Crippen LogP contribution >= 0.6 is 0 Å². The smallest absolute Gasteiger partial charge is 0.150 e. The Morgan fingerprint density at radius 3 is 2.52 bits per heavy atom. The molecule has 138 valence electrons. The van der Waals surface area contributed by atoms with E-state index in [0.29, 0.717) is 28.3 Å². The largest absolute Gasteiger partial charge is 0.367 e. The number of likely N-dealkylation sites (N-methyl/N-ethyl adjacent to an activating group) is 1. The minimum absolute atomic E-state index is 0.256. The maximum Gasteiger partial charge on any atom is 0.150 e. The van der Waals surface area contributed by atoms with Gasteiger partial charge in [-0.1, -0.05) is 6.07 Å². The number of carbonyl (C=O) groups is 1. The van der Waals surface area contributed by atoms with Crippen molar-refractivity contribution in [1.29, 1.82) is 0 Å². The lowest BCUT2D eigenvalue weighted by Gasteiger charge is -2.34. The van der Waals surface area contributed by atoms with Gasteiger partial charge in [-0.2, -0.15) is 0 Å². The predicted molar refractivity (Wildman–Crippen MR) is 105 cm³/mol. The fourth-order valence-electron chi connectivity index (χ4n) is 3.51. The van der Waals surface area contributed by atoms with Crippen LogP contribution in [0.4, 0.5) is 10.1 Å². The number of nitrogens with zero attached hydrogens (tertiary/aromatic N) is 4. The van der Waals surface area contributed by atoms with E-state index in [2.05, 4.69) is 26.8 Å². The summed E-state index contributed by atoms with van der Waals surface area (Å²) in [6.07, 6.45) is 0.792. The highest BCUT2D eigenvalue weighted by molar-refractivity contribution is 5.95. The number of aldehydes is 1. The van der Waals surface area contributed by atoms with Crippen LogP contribution in [0.3, 0.4) is 0 Å². The first-order valence-electron chi connectivity index (χ1n) is 9.02. The SMILES string of the molecule is Cc1nc(-c2ccc(N3CCN(C)CC3)c(F)c2)c2cc(C=O)ccc2n1. The zero-order valence-electron chi connectivity index (χ0n) is 15.4. The Balaban J connectivity index is 1.77. The Bertz CT molecular complexity index is 1010. The molecule has 6 heteroatoms. The van der Waals surface area contributed by atoms with Gasteiger partial charge in [0.25, 0.3) is 0 Å². The molecular formula is C21H21FN4O. The normalized spacial score (nSPS) is 15.3. The van der Waals surface area contributed by atoms with Crippen LogP contribution in [-0.4, -0.2) is 54.4 Å². The molecule has 2 heterocycles. The van der Waals surface area contributed by atoms with Gasteiger partial charge in [0.2, 0.25) is 0 Å². The van der Waals surface area contributed by atoms with Crippen LogP contribution in [0.2, 0.25) is 0 Å². The highest BCUT2D eigenvalue weighted by Gasteiger charge is 2.18. The number of benzene rings is 2. The molecule has 1 aliphatic heterocycles. The average molecular weight is 364 g/mol. The molecule has 0 bridgehead atoms. The molecule has 0 unspecified atom stereocenters. The number of fused-ring (bicyclic) bond motifs is 1. The number of anilines is 1. The average Bonchev–Trinajstić information content (AvgIpc) is 2.68. The zero-order chi connectivity index (χ0) is 19.0. The van der Waals surface area contributed by atoms with Gasteiger partial charge in [0.15, 0.2) is 0 Å². The first-order chi connectivity index (χ1) is 13.0. The second-order valence-corrected chi connectivity index (χ2v) is 6.97. The zero-order valence-corrected chi connectivity index (χ0v) is 15.4. The van der Waals surface area contributed by atoms with Crippen LogP contribution in [0.5, 0.6) is 0 Å². The van der Waals surface area contributed by atoms with Gasteiger partial charge in [-0.25, -0.2) is 14.4 Å². The highest BCUT2D eigenvalue weighted by atomic mass is 19.1. The van der Waals surface area contributed by atoms with E-state index >= 15 is 0 Å². The lowest BCUT2D eigenvalue weighted by Crippen LogP contribution is -2.44. The third-order valence-corrected chi connectivity index (χ3v) is 5.03. The summed E-state index contributed by atoms with van der Waals surface area (Å²) >= 11 is 0. The number of hydrogen-bond acceptors (Lipinski definition) is 5. The van der Waals surface area contributed by atoms with Gasteiger partial charge in [-0.15, -0.1) is 0 Å². The fraction of sp³-hybridized carbons (Fsp3) is 0.286. The Labute approximate surface area is 157 Å². The quantitative estimate of drug-likeness (QED) is 0.668. The summed E-state index contributed by atoms with van der Waals surface area (Å²) in [5, 5.41) is 0.747. The van der Waals surface area contributed by atoms with Crippen LogP contribution in [0.15, 0.2) is 36.4 Å².